The summed E-state index contributed by atoms with van der Waals surface area (Å²) in [5.74, 6) is -0.857. The molecule has 1 aliphatic rings. The second-order valence-corrected chi connectivity index (χ2v) is 4.83. The highest BCUT2D eigenvalue weighted by molar-refractivity contribution is 6.05. The molecule has 5 nitrogen and oxygen atoms in total. The molecule has 0 atom stereocenters. The molecule has 1 aromatic heterocycles. The lowest BCUT2D eigenvalue weighted by molar-refractivity contribution is 0.0478. The lowest BCUT2D eigenvalue weighted by atomic mass is 10.0. The molecule has 0 spiro atoms. The highest BCUT2D eigenvalue weighted by Gasteiger charge is 2.31. The summed E-state index contributed by atoms with van der Waals surface area (Å²) in [6, 6.07) is 0. The molecule has 0 radical (unpaired) electrons. The molecule has 2 rings (SSSR count). The quantitative estimate of drug-likeness (QED) is 0.794. The number of carbonyl (C=O) groups excluding carboxylic acids is 2. The van der Waals surface area contributed by atoms with Crippen molar-refractivity contribution in [1.82, 2.24) is 4.57 Å². The fourth-order valence-corrected chi connectivity index (χ4v) is 2.80. The van der Waals surface area contributed by atoms with Gasteiger partial charge >= 0.3 is 11.9 Å². The lowest BCUT2D eigenvalue weighted by Crippen LogP contribution is -2.16. The first-order valence-corrected chi connectivity index (χ1v) is 7.18. The van der Waals surface area contributed by atoms with Crippen LogP contribution in [0.5, 0.6) is 0 Å². The van der Waals surface area contributed by atoms with Gasteiger partial charge < -0.3 is 14.0 Å². The van der Waals surface area contributed by atoms with Crippen molar-refractivity contribution >= 4 is 11.9 Å². The van der Waals surface area contributed by atoms with Gasteiger partial charge in [0.25, 0.3) is 0 Å². The highest BCUT2D eigenvalue weighted by atomic mass is 16.5. The molecule has 1 aliphatic heterocycles. The number of hydrogen-bond donors (Lipinski definition) is 0. The maximum absolute atomic E-state index is 12.2. The normalized spacial score (nSPS) is 13.8. The Morgan fingerprint density at radius 2 is 1.65 bits per heavy atom. The summed E-state index contributed by atoms with van der Waals surface area (Å²) in [6.45, 7) is 6.81. The molecule has 2 heterocycles. The Labute approximate surface area is 118 Å². The number of rotatable bonds is 4. The first kappa shape index (κ1) is 14.6. The number of ether oxygens (including phenoxy) is 2. The molecule has 110 valence electrons. The second-order valence-electron chi connectivity index (χ2n) is 4.83. The van der Waals surface area contributed by atoms with Crippen molar-refractivity contribution in [3.63, 3.8) is 0 Å². The van der Waals surface area contributed by atoms with E-state index in [0.29, 0.717) is 24.3 Å². The fourth-order valence-electron chi connectivity index (χ4n) is 2.80. The molecule has 0 bridgehead atoms. The number of hydrogen-bond acceptors (Lipinski definition) is 4. The van der Waals surface area contributed by atoms with Gasteiger partial charge in [0.1, 0.15) is 0 Å². The molecule has 0 saturated carbocycles. The van der Waals surface area contributed by atoms with Crippen LogP contribution in [0, 0.1) is 6.92 Å². The summed E-state index contributed by atoms with van der Waals surface area (Å²) in [5.41, 5.74) is 2.50. The monoisotopic (exact) mass is 279 g/mol. The zero-order valence-electron chi connectivity index (χ0n) is 12.3. The van der Waals surface area contributed by atoms with Crippen molar-refractivity contribution < 1.29 is 19.1 Å². The van der Waals surface area contributed by atoms with E-state index in [0.717, 1.165) is 37.2 Å². The molecule has 0 aliphatic carbocycles. The minimum atomic E-state index is -0.435. The van der Waals surface area contributed by atoms with Crippen molar-refractivity contribution in [3.8, 4) is 0 Å². The largest absolute Gasteiger partial charge is 0.462 e. The summed E-state index contributed by atoms with van der Waals surface area (Å²) in [5, 5.41) is 0. The average molecular weight is 279 g/mol. The van der Waals surface area contributed by atoms with Gasteiger partial charge in [0, 0.05) is 17.9 Å². The van der Waals surface area contributed by atoms with Crippen LogP contribution in [0.3, 0.4) is 0 Å². The molecule has 0 fully saturated rings. The molecule has 0 aromatic carbocycles. The van der Waals surface area contributed by atoms with Crippen LogP contribution in [-0.2, 0) is 22.4 Å². The second kappa shape index (κ2) is 6.11. The first-order valence-electron chi connectivity index (χ1n) is 7.18. The van der Waals surface area contributed by atoms with Crippen LogP contribution in [0.15, 0.2) is 0 Å². The first-order chi connectivity index (χ1) is 9.61. The third kappa shape index (κ3) is 2.44. The lowest BCUT2D eigenvalue weighted by Gasteiger charge is -2.17. The third-order valence-corrected chi connectivity index (χ3v) is 3.64. The molecule has 20 heavy (non-hydrogen) atoms. The van der Waals surface area contributed by atoms with Crippen molar-refractivity contribution in [2.45, 2.75) is 46.6 Å². The molecular weight excluding hydrogens is 258 g/mol. The fraction of sp³-hybridized carbons (Fsp3) is 0.600. The van der Waals surface area contributed by atoms with Gasteiger partial charge in [0.15, 0.2) is 0 Å². The number of esters is 2. The molecule has 0 amide bonds. The molecular formula is C15H21NO4. The van der Waals surface area contributed by atoms with Gasteiger partial charge in [-0.15, -0.1) is 0 Å². The Kier molecular flexibility index (Phi) is 4.47. The van der Waals surface area contributed by atoms with Gasteiger partial charge in [0.05, 0.1) is 24.3 Å². The standard InChI is InChI=1S/C15H21NO4/c1-4-19-14(17)12-10(3)16-9-7-6-8-11(16)13(12)15(18)20-5-2/h4-9H2,1-3H3. The van der Waals surface area contributed by atoms with Gasteiger partial charge in [-0.2, -0.15) is 0 Å². The van der Waals surface area contributed by atoms with Gasteiger partial charge in [-0.05, 0) is 40.0 Å². The van der Waals surface area contributed by atoms with Gasteiger partial charge in [-0.1, -0.05) is 0 Å². The number of carbonyl (C=O) groups is 2. The van der Waals surface area contributed by atoms with Gasteiger partial charge in [0.2, 0.25) is 0 Å². The zero-order valence-corrected chi connectivity index (χ0v) is 12.3. The summed E-state index contributed by atoms with van der Waals surface area (Å²) in [7, 11) is 0. The average Bonchev–Trinajstić information content (AvgIpc) is 2.73. The van der Waals surface area contributed by atoms with Crippen LogP contribution in [0.1, 0.15) is 58.8 Å². The SMILES string of the molecule is CCOC(=O)c1c(C(=O)OCC)c2n(c1C)CCCC2. The zero-order chi connectivity index (χ0) is 14.7. The van der Waals surface area contributed by atoms with Crippen LogP contribution < -0.4 is 0 Å². The highest BCUT2D eigenvalue weighted by Crippen LogP contribution is 2.29. The Morgan fingerprint density at radius 3 is 2.25 bits per heavy atom. The number of nitrogens with zero attached hydrogens (tertiary/aromatic N) is 1. The van der Waals surface area contributed by atoms with Crippen LogP contribution in [-0.4, -0.2) is 29.7 Å². The van der Waals surface area contributed by atoms with Crippen molar-refractivity contribution in [3.05, 3.63) is 22.5 Å². The van der Waals surface area contributed by atoms with Crippen LogP contribution >= 0.6 is 0 Å². The van der Waals surface area contributed by atoms with E-state index in [1.54, 1.807) is 13.8 Å². The van der Waals surface area contributed by atoms with E-state index < -0.39 is 11.9 Å². The molecule has 5 heteroatoms. The Balaban J connectivity index is 2.55. The number of fused-ring (bicyclic) bond motifs is 1. The van der Waals surface area contributed by atoms with Crippen LogP contribution in [0.25, 0.3) is 0 Å². The van der Waals surface area contributed by atoms with Crippen molar-refractivity contribution in [2.24, 2.45) is 0 Å². The van der Waals surface area contributed by atoms with E-state index >= 15 is 0 Å². The van der Waals surface area contributed by atoms with E-state index in [1.165, 1.54) is 0 Å². The predicted molar refractivity (Wildman–Crippen MR) is 74.0 cm³/mol. The van der Waals surface area contributed by atoms with E-state index in [4.69, 9.17) is 9.47 Å². The summed E-state index contributed by atoms with van der Waals surface area (Å²) < 4.78 is 12.3. The minimum absolute atomic E-state index is 0.293. The number of aromatic nitrogens is 1. The van der Waals surface area contributed by atoms with E-state index in [9.17, 15) is 9.59 Å². The van der Waals surface area contributed by atoms with Crippen LogP contribution in [0.4, 0.5) is 0 Å². The minimum Gasteiger partial charge on any atom is -0.462 e. The smallest absolute Gasteiger partial charge is 0.340 e. The Morgan fingerprint density at radius 1 is 1.05 bits per heavy atom. The van der Waals surface area contributed by atoms with E-state index in [1.807, 2.05) is 6.92 Å². The topological polar surface area (TPSA) is 57.5 Å². The third-order valence-electron chi connectivity index (χ3n) is 3.64. The van der Waals surface area contributed by atoms with Gasteiger partial charge in [-0.3, -0.25) is 0 Å². The predicted octanol–water partition coefficient (Wildman–Crippen LogP) is 2.49. The summed E-state index contributed by atoms with van der Waals surface area (Å²) in [4.78, 5) is 24.4. The Bertz CT molecular complexity index is 530. The maximum Gasteiger partial charge on any atom is 0.340 e. The van der Waals surface area contributed by atoms with Crippen LogP contribution in [0.2, 0.25) is 0 Å². The molecule has 0 unspecified atom stereocenters. The molecule has 0 saturated heterocycles. The molecule has 0 N–H and O–H groups in total. The van der Waals surface area contributed by atoms with Gasteiger partial charge in [-0.25, -0.2) is 9.59 Å². The molecule has 1 aromatic rings. The maximum atomic E-state index is 12.2. The summed E-state index contributed by atoms with van der Waals surface area (Å²) in [6.07, 6.45) is 2.89. The summed E-state index contributed by atoms with van der Waals surface area (Å²) >= 11 is 0. The Hall–Kier alpha value is -1.78. The van der Waals surface area contributed by atoms with Crippen molar-refractivity contribution in [1.29, 1.82) is 0 Å². The van der Waals surface area contributed by atoms with Crippen molar-refractivity contribution in [2.75, 3.05) is 13.2 Å². The van der Waals surface area contributed by atoms with E-state index in [2.05, 4.69) is 4.57 Å². The van der Waals surface area contributed by atoms with E-state index in [-0.39, 0.29) is 0 Å².